The van der Waals surface area contributed by atoms with Crippen LogP contribution in [0.1, 0.15) is 85.0 Å². The van der Waals surface area contributed by atoms with Crippen LogP contribution in [0.4, 0.5) is 22.5 Å². The number of tetrazole rings is 1. The van der Waals surface area contributed by atoms with E-state index in [2.05, 4.69) is 72.5 Å². The number of nitrogens with zero attached hydrogens (tertiary/aromatic N) is 8. The topological polar surface area (TPSA) is 390 Å². The lowest BCUT2D eigenvalue weighted by Crippen LogP contribution is -2.53. The molecule has 5 aromatic rings. The van der Waals surface area contributed by atoms with Crippen molar-refractivity contribution in [1.29, 1.82) is 0 Å². The number of aromatic nitrogens is 8. The third-order valence-electron chi connectivity index (χ3n) is 10.7. The molecule has 12 N–H and O–H groups in total. The molecule has 0 spiro atoms. The van der Waals surface area contributed by atoms with Crippen LogP contribution in [0.3, 0.4) is 0 Å². The molecule has 1 aromatic carbocycles. The Balaban J connectivity index is 0.956. The SMILES string of the molecule is CC(C)[C@H](NC(=O)CCCCCN1C(=O)C=CC1=O)C(=O)N[C@@H](C)C(=O)Nc1ccc(C(=O)NCCC[C@H](NC(=O)c2ccc(NCc3cnc4nc(N)nc(N)c4n3)s2)C(=O)O)c(-c2nn[nH]n2)c1. The summed E-state index contributed by atoms with van der Waals surface area (Å²) >= 11 is 1.10. The minimum atomic E-state index is -1.27. The number of unbranched alkanes of at least 4 members (excludes halogenated alkanes) is 2. The summed E-state index contributed by atoms with van der Waals surface area (Å²) in [5, 5.41) is 40.8. The summed E-state index contributed by atoms with van der Waals surface area (Å²) in [4.78, 5) is 119. The van der Waals surface area contributed by atoms with Crippen molar-refractivity contribution >= 4 is 92.3 Å². The molecule has 0 aliphatic carbocycles. The highest BCUT2D eigenvalue weighted by Gasteiger charge is 2.28. The zero-order valence-electron chi connectivity index (χ0n) is 38.1. The molecule has 4 aromatic heterocycles. The van der Waals surface area contributed by atoms with E-state index in [-0.39, 0.29) is 107 Å². The normalized spacial score (nSPS) is 13.5. The van der Waals surface area contributed by atoms with Gasteiger partial charge >= 0.3 is 5.97 Å². The number of thiophene rings is 1. The molecule has 27 heteroatoms. The van der Waals surface area contributed by atoms with E-state index in [0.29, 0.717) is 35.5 Å². The number of nitrogen functional groups attached to an aromatic ring is 2. The minimum absolute atomic E-state index is 0.0221. The lowest BCUT2D eigenvalue weighted by Gasteiger charge is -2.24. The number of hydrogen-bond acceptors (Lipinski definition) is 19. The van der Waals surface area contributed by atoms with Gasteiger partial charge in [-0.15, -0.1) is 21.5 Å². The quantitative estimate of drug-likeness (QED) is 0.0303. The molecule has 6 rings (SSSR count). The fraction of sp³-hybridized carbons (Fsp3) is 0.372. The van der Waals surface area contributed by atoms with Crippen LogP contribution >= 0.6 is 11.3 Å². The molecule has 0 unspecified atom stereocenters. The molecular formula is C43H51N17O9S. The number of rotatable bonds is 24. The van der Waals surface area contributed by atoms with E-state index < -0.39 is 47.7 Å². The van der Waals surface area contributed by atoms with Crippen molar-refractivity contribution < 1.29 is 43.5 Å². The number of carboxylic acids is 1. The van der Waals surface area contributed by atoms with Gasteiger partial charge in [0.25, 0.3) is 23.6 Å². The van der Waals surface area contributed by atoms with Crippen molar-refractivity contribution in [3.63, 3.8) is 0 Å². The fourth-order valence-electron chi connectivity index (χ4n) is 6.96. The second-order valence-electron chi connectivity index (χ2n) is 16.3. The van der Waals surface area contributed by atoms with Crippen LogP contribution in [0.25, 0.3) is 22.6 Å². The molecule has 26 nitrogen and oxygen atoms in total. The first kappa shape index (κ1) is 50.9. The van der Waals surface area contributed by atoms with Gasteiger partial charge in [-0.25, -0.2) is 14.8 Å². The van der Waals surface area contributed by atoms with Gasteiger partial charge in [-0.2, -0.15) is 15.2 Å². The fourth-order valence-corrected chi connectivity index (χ4v) is 7.76. The average molecular weight is 982 g/mol. The number of amides is 7. The molecular weight excluding hydrogens is 931 g/mol. The molecule has 7 amide bonds. The number of carbonyl (C=O) groups excluding carboxylic acids is 7. The predicted octanol–water partition coefficient (Wildman–Crippen LogP) is 0.901. The standard InChI is InChI=1S/C43H51N17O9S/c1-21(2)33(53-29(61)9-5-4-6-17-60-31(62)14-15-32(60)63)41(67)49-22(3)38(64)51-23-10-11-25(26(18-23)36-56-58-59-57-36)39(65)46-16-7-8-27(42(68)69)52-40(66)28-12-13-30(70-28)47-19-24-20-48-37-34(50-24)35(44)54-43(45)55-37/h10-15,18,20-22,27,33,47H,4-9,16-17,19H2,1-3H3,(H,46,65)(H,49,67)(H,51,64)(H,52,66)(H,53,61)(H,68,69)(H,56,57,58,59)(H4,44,45,48,54,55)/t22-,27-,33-/m0/s1. The minimum Gasteiger partial charge on any atom is -0.480 e. The third kappa shape index (κ3) is 13.6. The smallest absolute Gasteiger partial charge is 0.326 e. The van der Waals surface area contributed by atoms with Crippen molar-refractivity contribution in [2.24, 2.45) is 5.92 Å². The number of imide groups is 1. The van der Waals surface area contributed by atoms with Crippen LogP contribution in [0, 0.1) is 5.92 Å². The van der Waals surface area contributed by atoms with Crippen LogP contribution < -0.4 is 43.4 Å². The van der Waals surface area contributed by atoms with Crippen molar-refractivity contribution in [2.75, 3.05) is 35.2 Å². The molecule has 70 heavy (non-hydrogen) atoms. The maximum atomic E-state index is 13.4. The van der Waals surface area contributed by atoms with E-state index in [0.717, 1.165) is 16.2 Å². The summed E-state index contributed by atoms with van der Waals surface area (Å²) in [6.45, 7) is 5.46. The van der Waals surface area contributed by atoms with Gasteiger partial charge < -0.3 is 48.5 Å². The van der Waals surface area contributed by atoms with Crippen LogP contribution in [0.15, 0.2) is 48.7 Å². The van der Waals surface area contributed by atoms with Gasteiger partial charge in [0.05, 0.1) is 33.9 Å². The summed E-state index contributed by atoms with van der Waals surface area (Å²) in [5.74, 6) is -4.95. The van der Waals surface area contributed by atoms with Gasteiger partial charge in [-0.05, 0) is 74.1 Å². The molecule has 1 aliphatic rings. The molecule has 368 valence electrons. The maximum Gasteiger partial charge on any atom is 0.326 e. The van der Waals surface area contributed by atoms with Gasteiger partial charge in [-0.1, -0.05) is 20.3 Å². The molecule has 0 radical (unpaired) electrons. The highest BCUT2D eigenvalue weighted by molar-refractivity contribution is 7.17. The van der Waals surface area contributed by atoms with Crippen LogP contribution in [-0.2, 0) is 35.3 Å². The Morgan fingerprint density at radius 3 is 2.36 bits per heavy atom. The number of aliphatic carboxylic acids is 1. The molecule has 0 fully saturated rings. The van der Waals surface area contributed by atoms with Gasteiger partial charge in [-0.3, -0.25) is 38.5 Å². The van der Waals surface area contributed by atoms with E-state index in [1.165, 1.54) is 43.5 Å². The van der Waals surface area contributed by atoms with Gasteiger partial charge in [0, 0.05) is 42.9 Å². The van der Waals surface area contributed by atoms with Gasteiger partial charge in [0.1, 0.15) is 18.1 Å². The summed E-state index contributed by atoms with van der Waals surface area (Å²) in [7, 11) is 0. The second kappa shape index (κ2) is 23.5. The number of fused-ring (bicyclic) bond motifs is 1. The zero-order chi connectivity index (χ0) is 50.5. The summed E-state index contributed by atoms with van der Waals surface area (Å²) in [6.07, 6.45) is 5.76. The summed E-state index contributed by atoms with van der Waals surface area (Å²) in [5.41, 5.74) is 13.1. The number of carboxylic acid groups (broad SMARTS) is 1. The van der Waals surface area contributed by atoms with Crippen molar-refractivity contribution in [3.8, 4) is 11.4 Å². The van der Waals surface area contributed by atoms with E-state index in [1.54, 1.807) is 26.0 Å². The molecule has 3 atom stereocenters. The van der Waals surface area contributed by atoms with E-state index in [9.17, 15) is 43.5 Å². The van der Waals surface area contributed by atoms with Crippen LogP contribution in [0.2, 0.25) is 0 Å². The Kier molecular flexibility index (Phi) is 17.1. The number of carbonyl (C=O) groups is 8. The van der Waals surface area contributed by atoms with Crippen molar-refractivity contribution in [3.05, 3.63) is 64.8 Å². The molecule has 0 saturated heterocycles. The number of nitrogens with one attached hydrogen (secondary N) is 7. The molecule has 0 saturated carbocycles. The van der Waals surface area contributed by atoms with Crippen LogP contribution in [-0.4, -0.2) is 129 Å². The first-order valence-corrected chi connectivity index (χ1v) is 22.8. The maximum absolute atomic E-state index is 13.4. The Hall–Kier alpha value is -8.49. The van der Waals surface area contributed by atoms with Gasteiger partial charge in [0.15, 0.2) is 17.0 Å². The third-order valence-corrected chi connectivity index (χ3v) is 11.7. The van der Waals surface area contributed by atoms with E-state index in [1.807, 2.05) is 0 Å². The highest BCUT2D eigenvalue weighted by Crippen LogP contribution is 2.26. The summed E-state index contributed by atoms with van der Waals surface area (Å²) < 4.78 is 0. The monoisotopic (exact) mass is 981 g/mol. The second-order valence-corrected chi connectivity index (χ2v) is 17.3. The number of aromatic amines is 1. The number of hydrogen-bond donors (Lipinski definition) is 10. The first-order chi connectivity index (χ1) is 33.5. The molecule has 5 heterocycles. The highest BCUT2D eigenvalue weighted by atomic mass is 32.1. The molecule has 0 bridgehead atoms. The lowest BCUT2D eigenvalue weighted by atomic mass is 10.0. The van der Waals surface area contributed by atoms with Crippen molar-refractivity contribution in [2.45, 2.75) is 84.0 Å². The lowest BCUT2D eigenvalue weighted by molar-refractivity contribution is -0.139. The number of anilines is 4. The Morgan fingerprint density at radius 2 is 1.64 bits per heavy atom. The Bertz CT molecular complexity index is 2780. The number of benzene rings is 1. The number of H-pyrrole nitrogens is 1. The molecule has 1 aliphatic heterocycles. The van der Waals surface area contributed by atoms with Crippen LogP contribution in [0.5, 0.6) is 0 Å². The van der Waals surface area contributed by atoms with Crippen molar-refractivity contribution in [1.82, 2.24) is 66.7 Å². The van der Waals surface area contributed by atoms with E-state index >= 15 is 0 Å². The number of nitrogens with two attached hydrogens (primary N) is 2. The van der Waals surface area contributed by atoms with E-state index in [4.69, 9.17) is 11.5 Å². The largest absolute Gasteiger partial charge is 0.480 e. The average Bonchev–Trinajstić information content (AvgIpc) is 4.11. The first-order valence-electron chi connectivity index (χ1n) is 22.0. The Labute approximate surface area is 402 Å². The summed E-state index contributed by atoms with van der Waals surface area (Å²) in [6, 6.07) is 4.26. The predicted molar refractivity (Wildman–Crippen MR) is 253 cm³/mol. The van der Waals surface area contributed by atoms with Gasteiger partial charge in [0.2, 0.25) is 29.5 Å². The zero-order valence-corrected chi connectivity index (χ0v) is 39.0. The Morgan fingerprint density at radius 1 is 0.871 bits per heavy atom.